The zero-order chi connectivity index (χ0) is 14.0. The molecule has 0 saturated heterocycles. The molecule has 0 aliphatic rings. The summed E-state index contributed by atoms with van der Waals surface area (Å²) in [4.78, 5) is 17.6. The third-order valence-electron chi connectivity index (χ3n) is 2.97. The van der Waals surface area contributed by atoms with Crippen LogP contribution in [0.15, 0.2) is 24.3 Å². The van der Waals surface area contributed by atoms with Crippen LogP contribution in [0.2, 0.25) is 0 Å². The van der Waals surface area contributed by atoms with Crippen LogP contribution in [0.5, 0.6) is 0 Å². The van der Waals surface area contributed by atoms with Crippen molar-refractivity contribution in [1.82, 2.24) is 4.98 Å². The fraction of sp³-hybridized carbons (Fsp3) is 0.286. The van der Waals surface area contributed by atoms with Crippen molar-refractivity contribution in [3.8, 4) is 0 Å². The van der Waals surface area contributed by atoms with Crippen molar-refractivity contribution >= 4 is 22.4 Å². The minimum absolute atomic E-state index is 0.312. The standard InChI is InChI=1S/C14H16N2O2S/c1-9-6-4-5-7-11(9)8-16(3)14-15-10(2)12(19-14)13(17)18/h4-7H,8H2,1-3H3,(H,17,18). The molecule has 100 valence electrons. The summed E-state index contributed by atoms with van der Waals surface area (Å²) < 4.78 is 0. The number of anilines is 1. The maximum Gasteiger partial charge on any atom is 0.347 e. The smallest absolute Gasteiger partial charge is 0.347 e. The van der Waals surface area contributed by atoms with E-state index in [1.807, 2.05) is 24.1 Å². The SMILES string of the molecule is Cc1ccccc1CN(C)c1nc(C)c(C(=O)O)s1. The van der Waals surface area contributed by atoms with Gasteiger partial charge in [-0.15, -0.1) is 0 Å². The molecule has 0 spiro atoms. The predicted molar refractivity (Wildman–Crippen MR) is 77.1 cm³/mol. The first-order valence-electron chi connectivity index (χ1n) is 5.95. The summed E-state index contributed by atoms with van der Waals surface area (Å²) in [6, 6.07) is 8.16. The largest absolute Gasteiger partial charge is 0.477 e. The molecule has 5 heteroatoms. The van der Waals surface area contributed by atoms with Gasteiger partial charge in [0.15, 0.2) is 5.13 Å². The fourth-order valence-corrected chi connectivity index (χ4v) is 2.72. The molecule has 0 aliphatic carbocycles. The monoisotopic (exact) mass is 276 g/mol. The van der Waals surface area contributed by atoms with Gasteiger partial charge in [0.1, 0.15) is 4.88 Å². The zero-order valence-electron chi connectivity index (χ0n) is 11.2. The van der Waals surface area contributed by atoms with E-state index < -0.39 is 5.97 Å². The molecule has 0 fully saturated rings. The van der Waals surface area contributed by atoms with E-state index in [9.17, 15) is 4.79 Å². The number of carboxylic acid groups (broad SMARTS) is 1. The van der Waals surface area contributed by atoms with Crippen LogP contribution in [0.3, 0.4) is 0 Å². The van der Waals surface area contributed by atoms with Crippen LogP contribution in [0.1, 0.15) is 26.5 Å². The molecule has 0 radical (unpaired) electrons. The Morgan fingerprint density at radius 1 is 1.37 bits per heavy atom. The molecule has 4 nitrogen and oxygen atoms in total. The number of rotatable bonds is 4. The van der Waals surface area contributed by atoms with Crippen LogP contribution < -0.4 is 4.90 Å². The molecular formula is C14H16N2O2S. The third-order valence-corrected chi connectivity index (χ3v) is 4.23. The lowest BCUT2D eigenvalue weighted by atomic mass is 10.1. The lowest BCUT2D eigenvalue weighted by molar-refractivity contribution is 0.0701. The van der Waals surface area contributed by atoms with Gasteiger partial charge in [-0.2, -0.15) is 0 Å². The van der Waals surface area contributed by atoms with Gasteiger partial charge in [0.2, 0.25) is 0 Å². The molecule has 0 unspecified atom stereocenters. The Morgan fingerprint density at radius 2 is 2.05 bits per heavy atom. The molecule has 1 heterocycles. The first kappa shape index (κ1) is 13.5. The van der Waals surface area contributed by atoms with Crippen molar-refractivity contribution in [2.75, 3.05) is 11.9 Å². The predicted octanol–water partition coefficient (Wildman–Crippen LogP) is 3.09. The van der Waals surface area contributed by atoms with Gasteiger partial charge < -0.3 is 10.0 Å². The van der Waals surface area contributed by atoms with Crippen LogP contribution in [-0.4, -0.2) is 23.1 Å². The van der Waals surface area contributed by atoms with Crippen LogP contribution in [0, 0.1) is 13.8 Å². The summed E-state index contributed by atoms with van der Waals surface area (Å²) >= 11 is 1.22. The van der Waals surface area contributed by atoms with Gasteiger partial charge in [-0.3, -0.25) is 0 Å². The first-order chi connectivity index (χ1) is 8.99. The lowest BCUT2D eigenvalue weighted by Gasteiger charge is -2.17. The Bertz CT molecular complexity index is 607. The van der Waals surface area contributed by atoms with Crippen LogP contribution in [0.4, 0.5) is 5.13 Å². The second-order valence-electron chi connectivity index (χ2n) is 4.50. The van der Waals surface area contributed by atoms with Crippen molar-refractivity contribution in [3.05, 3.63) is 46.0 Å². The number of aryl methyl sites for hydroxylation is 2. The second kappa shape index (κ2) is 5.40. The molecule has 1 aromatic heterocycles. The van der Waals surface area contributed by atoms with Crippen LogP contribution in [0.25, 0.3) is 0 Å². The van der Waals surface area contributed by atoms with Gasteiger partial charge in [-0.05, 0) is 25.0 Å². The molecule has 0 amide bonds. The second-order valence-corrected chi connectivity index (χ2v) is 5.48. The highest BCUT2D eigenvalue weighted by atomic mass is 32.1. The van der Waals surface area contributed by atoms with Gasteiger partial charge in [0, 0.05) is 13.6 Å². The van der Waals surface area contributed by atoms with E-state index in [1.165, 1.54) is 22.5 Å². The van der Waals surface area contributed by atoms with Crippen molar-refractivity contribution in [3.63, 3.8) is 0 Å². The van der Waals surface area contributed by atoms with E-state index in [0.29, 0.717) is 10.6 Å². The van der Waals surface area contributed by atoms with Gasteiger partial charge >= 0.3 is 5.97 Å². The molecule has 1 aromatic carbocycles. The zero-order valence-corrected chi connectivity index (χ0v) is 12.0. The molecule has 0 saturated carbocycles. The minimum atomic E-state index is -0.912. The molecule has 2 aromatic rings. The average molecular weight is 276 g/mol. The fourth-order valence-electron chi connectivity index (χ4n) is 1.85. The number of hydrogen-bond acceptors (Lipinski definition) is 4. The molecule has 0 bridgehead atoms. The number of nitrogens with zero attached hydrogens (tertiary/aromatic N) is 2. The highest BCUT2D eigenvalue weighted by molar-refractivity contribution is 7.17. The Morgan fingerprint density at radius 3 is 2.63 bits per heavy atom. The van der Waals surface area contributed by atoms with E-state index in [4.69, 9.17) is 5.11 Å². The van der Waals surface area contributed by atoms with Gasteiger partial charge in [-0.25, -0.2) is 9.78 Å². The maximum atomic E-state index is 11.0. The lowest BCUT2D eigenvalue weighted by Crippen LogP contribution is -2.16. The molecule has 0 aliphatic heterocycles. The molecular weight excluding hydrogens is 260 g/mol. The molecule has 0 atom stereocenters. The summed E-state index contributed by atoms with van der Waals surface area (Å²) in [6.45, 7) is 4.52. The van der Waals surface area contributed by atoms with Crippen molar-refractivity contribution in [1.29, 1.82) is 0 Å². The molecule has 2 rings (SSSR count). The Hall–Kier alpha value is -1.88. The summed E-state index contributed by atoms with van der Waals surface area (Å²) in [7, 11) is 1.93. The van der Waals surface area contributed by atoms with Crippen molar-refractivity contribution in [2.45, 2.75) is 20.4 Å². The normalized spacial score (nSPS) is 10.5. The number of hydrogen-bond donors (Lipinski definition) is 1. The first-order valence-corrected chi connectivity index (χ1v) is 6.77. The summed E-state index contributed by atoms with van der Waals surface area (Å²) in [5, 5.41) is 9.78. The van der Waals surface area contributed by atoms with Crippen LogP contribution in [-0.2, 0) is 6.54 Å². The Balaban J connectivity index is 2.21. The number of benzene rings is 1. The topological polar surface area (TPSA) is 53.4 Å². The third kappa shape index (κ3) is 2.93. The van der Waals surface area contributed by atoms with E-state index in [2.05, 4.69) is 24.0 Å². The average Bonchev–Trinajstić information content (AvgIpc) is 2.74. The quantitative estimate of drug-likeness (QED) is 0.932. The number of carbonyl (C=O) groups is 1. The minimum Gasteiger partial charge on any atom is -0.477 e. The summed E-state index contributed by atoms with van der Waals surface area (Å²) in [5.41, 5.74) is 3.01. The maximum absolute atomic E-state index is 11.0. The number of thiazole rings is 1. The number of carboxylic acids is 1. The van der Waals surface area contributed by atoms with Crippen LogP contribution >= 0.6 is 11.3 Å². The van der Waals surface area contributed by atoms with E-state index in [0.717, 1.165) is 11.7 Å². The van der Waals surface area contributed by atoms with Crippen molar-refractivity contribution < 1.29 is 9.90 Å². The van der Waals surface area contributed by atoms with E-state index >= 15 is 0 Å². The van der Waals surface area contributed by atoms with Gasteiger partial charge in [0.25, 0.3) is 0 Å². The van der Waals surface area contributed by atoms with Gasteiger partial charge in [-0.1, -0.05) is 35.6 Å². The Labute approximate surface area is 116 Å². The highest BCUT2D eigenvalue weighted by Gasteiger charge is 2.16. The number of aromatic nitrogens is 1. The number of aromatic carboxylic acids is 1. The molecule has 1 N–H and O–H groups in total. The summed E-state index contributed by atoms with van der Waals surface area (Å²) in [6.07, 6.45) is 0. The highest BCUT2D eigenvalue weighted by Crippen LogP contribution is 2.26. The van der Waals surface area contributed by atoms with Gasteiger partial charge in [0.05, 0.1) is 5.69 Å². The summed E-state index contributed by atoms with van der Waals surface area (Å²) in [5.74, 6) is -0.912. The van der Waals surface area contributed by atoms with E-state index in [1.54, 1.807) is 6.92 Å². The van der Waals surface area contributed by atoms with E-state index in [-0.39, 0.29) is 0 Å². The van der Waals surface area contributed by atoms with Crippen molar-refractivity contribution in [2.24, 2.45) is 0 Å². The Kier molecular flexibility index (Phi) is 3.85. The molecule has 19 heavy (non-hydrogen) atoms.